The first kappa shape index (κ1) is 33.9. The second-order valence-electron chi connectivity index (χ2n) is 15.1. The highest BCUT2D eigenvalue weighted by Gasteiger charge is 2.22. The number of hydrogen-bond donors (Lipinski definition) is 0. The topological polar surface area (TPSA) is 56.7 Å². The van der Waals surface area contributed by atoms with Crippen LogP contribution in [-0.2, 0) is 0 Å². The van der Waals surface area contributed by atoms with Gasteiger partial charge in [-0.2, -0.15) is 0 Å². The third-order valence-electron chi connectivity index (χ3n) is 11.7. The van der Waals surface area contributed by atoms with Crippen molar-refractivity contribution in [3.63, 3.8) is 0 Å². The fraction of sp³-hybridized carbons (Fsp3) is 0. The van der Waals surface area contributed by atoms with E-state index >= 15 is 0 Å². The molecule has 0 aliphatic rings. The minimum absolute atomic E-state index is 0.627. The monoisotopic (exact) mass is 766 g/mol. The number of benzene rings is 9. The third kappa shape index (κ3) is 5.44. The van der Waals surface area contributed by atoms with Gasteiger partial charge in [-0.05, 0) is 76.0 Å². The number of fused-ring (bicyclic) bond motifs is 7. The predicted molar refractivity (Wildman–Crippen MR) is 246 cm³/mol. The van der Waals surface area contributed by atoms with Crippen molar-refractivity contribution in [3.05, 3.63) is 206 Å². The van der Waals surface area contributed by atoms with E-state index in [0.29, 0.717) is 17.5 Å². The van der Waals surface area contributed by atoms with Gasteiger partial charge in [0.1, 0.15) is 11.2 Å². The van der Waals surface area contributed by atoms with Gasteiger partial charge in [-0.25, -0.2) is 15.0 Å². The molecule has 0 aliphatic heterocycles. The summed E-state index contributed by atoms with van der Waals surface area (Å²) in [7, 11) is 0. The summed E-state index contributed by atoms with van der Waals surface area (Å²) in [4.78, 5) is 15.2. The first-order valence-corrected chi connectivity index (χ1v) is 20.2. The molecule has 5 nitrogen and oxygen atoms in total. The Kier molecular flexibility index (Phi) is 7.78. The summed E-state index contributed by atoms with van der Waals surface area (Å²) >= 11 is 0. The number of furan rings is 1. The Labute approximate surface area is 345 Å². The molecule has 60 heavy (non-hydrogen) atoms. The average molecular weight is 767 g/mol. The van der Waals surface area contributed by atoms with Crippen molar-refractivity contribution in [1.29, 1.82) is 0 Å². The average Bonchev–Trinajstić information content (AvgIpc) is 3.87. The molecule has 0 saturated carbocycles. The lowest BCUT2D eigenvalue weighted by molar-refractivity contribution is 0.669. The maximum absolute atomic E-state index is 6.52. The van der Waals surface area contributed by atoms with E-state index in [1.54, 1.807) is 0 Å². The van der Waals surface area contributed by atoms with Crippen LogP contribution in [0.25, 0.3) is 117 Å². The zero-order chi connectivity index (χ0) is 39.6. The van der Waals surface area contributed by atoms with E-state index < -0.39 is 0 Å². The number of para-hydroxylation sites is 3. The molecule has 5 heteroatoms. The number of rotatable bonds is 6. The van der Waals surface area contributed by atoms with Gasteiger partial charge < -0.3 is 8.98 Å². The van der Waals surface area contributed by atoms with E-state index in [1.165, 1.54) is 21.8 Å². The van der Waals surface area contributed by atoms with Crippen LogP contribution in [0.3, 0.4) is 0 Å². The van der Waals surface area contributed by atoms with E-state index in [2.05, 4.69) is 144 Å². The summed E-state index contributed by atoms with van der Waals surface area (Å²) in [5.74, 6) is 1.90. The van der Waals surface area contributed by atoms with Crippen molar-refractivity contribution in [1.82, 2.24) is 19.5 Å². The van der Waals surface area contributed by atoms with Crippen LogP contribution in [0.2, 0.25) is 0 Å². The van der Waals surface area contributed by atoms with Gasteiger partial charge in [0.25, 0.3) is 0 Å². The lowest BCUT2D eigenvalue weighted by Gasteiger charge is -2.17. The maximum Gasteiger partial charge on any atom is 0.164 e. The molecule has 0 spiro atoms. The Morgan fingerprint density at radius 1 is 0.317 bits per heavy atom. The molecular formula is C55H34N4O. The van der Waals surface area contributed by atoms with Crippen molar-refractivity contribution in [3.8, 4) is 62.1 Å². The van der Waals surface area contributed by atoms with Gasteiger partial charge in [0, 0.05) is 49.5 Å². The minimum Gasteiger partial charge on any atom is -0.456 e. The molecule has 0 aliphatic carbocycles. The van der Waals surface area contributed by atoms with E-state index in [-0.39, 0.29) is 0 Å². The lowest BCUT2D eigenvalue weighted by atomic mass is 9.87. The van der Waals surface area contributed by atoms with Crippen LogP contribution in [0, 0.1) is 0 Å². The molecule has 280 valence electrons. The van der Waals surface area contributed by atoms with E-state index in [1.807, 2.05) is 66.7 Å². The highest BCUT2D eigenvalue weighted by molar-refractivity contribution is 6.18. The van der Waals surface area contributed by atoms with Crippen molar-refractivity contribution in [2.24, 2.45) is 0 Å². The molecule has 0 unspecified atom stereocenters. The minimum atomic E-state index is 0.627. The molecule has 12 aromatic rings. The maximum atomic E-state index is 6.52. The molecule has 0 radical (unpaired) electrons. The van der Waals surface area contributed by atoms with Crippen LogP contribution in [-0.4, -0.2) is 19.5 Å². The Morgan fingerprint density at radius 3 is 1.43 bits per heavy atom. The number of hydrogen-bond acceptors (Lipinski definition) is 4. The second kappa shape index (κ2) is 13.8. The van der Waals surface area contributed by atoms with Crippen LogP contribution in [0.4, 0.5) is 0 Å². The highest BCUT2D eigenvalue weighted by Crippen LogP contribution is 2.46. The first-order valence-electron chi connectivity index (χ1n) is 20.2. The van der Waals surface area contributed by atoms with E-state index in [4.69, 9.17) is 19.4 Å². The fourth-order valence-corrected chi connectivity index (χ4v) is 8.98. The molecule has 0 atom stereocenters. The molecule has 9 aromatic carbocycles. The lowest BCUT2D eigenvalue weighted by Crippen LogP contribution is -2.00. The predicted octanol–water partition coefficient (Wildman–Crippen LogP) is 14.4. The van der Waals surface area contributed by atoms with Crippen LogP contribution < -0.4 is 0 Å². The molecule has 12 rings (SSSR count). The Morgan fingerprint density at radius 2 is 0.800 bits per heavy atom. The Balaban J connectivity index is 1.07. The molecule has 0 bridgehead atoms. The van der Waals surface area contributed by atoms with Crippen molar-refractivity contribution in [2.45, 2.75) is 0 Å². The summed E-state index contributed by atoms with van der Waals surface area (Å²) in [5.41, 5.74) is 12.5. The van der Waals surface area contributed by atoms with Gasteiger partial charge in [0.15, 0.2) is 17.5 Å². The summed E-state index contributed by atoms with van der Waals surface area (Å²) in [6.45, 7) is 0. The van der Waals surface area contributed by atoms with Gasteiger partial charge in [-0.3, -0.25) is 0 Å². The van der Waals surface area contributed by atoms with Gasteiger partial charge in [0.2, 0.25) is 0 Å². The van der Waals surface area contributed by atoms with Crippen LogP contribution in [0.5, 0.6) is 0 Å². The molecule has 0 fully saturated rings. The highest BCUT2D eigenvalue weighted by atomic mass is 16.3. The van der Waals surface area contributed by atoms with Gasteiger partial charge in [-0.1, -0.05) is 158 Å². The zero-order valence-electron chi connectivity index (χ0n) is 32.3. The SMILES string of the molecule is c1ccc(-c2nc(-c3ccccc3)nc(-c3ccc(-c4ccc5oc6ccccc6c5c4-c4ccc(-n5c6ccccc6c6ccccc65)cc4)c4ccccc34)n2)cc1. The number of aromatic nitrogens is 4. The molecule has 0 saturated heterocycles. The van der Waals surface area contributed by atoms with Crippen molar-refractivity contribution in [2.75, 3.05) is 0 Å². The summed E-state index contributed by atoms with van der Waals surface area (Å²) in [5, 5.41) is 6.84. The van der Waals surface area contributed by atoms with E-state index in [9.17, 15) is 0 Å². The summed E-state index contributed by atoms with van der Waals surface area (Å²) in [6, 6.07) is 72.2. The quantitative estimate of drug-likeness (QED) is 0.169. The molecule has 0 amide bonds. The zero-order valence-corrected chi connectivity index (χ0v) is 32.3. The van der Waals surface area contributed by atoms with Crippen LogP contribution in [0.1, 0.15) is 0 Å². The first-order chi connectivity index (χ1) is 29.8. The summed E-state index contributed by atoms with van der Waals surface area (Å²) < 4.78 is 8.88. The second-order valence-corrected chi connectivity index (χ2v) is 15.1. The largest absolute Gasteiger partial charge is 0.456 e. The van der Waals surface area contributed by atoms with Gasteiger partial charge in [0.05, 0.1) is 11.0 Å². The molecular weight excluding hydrogens is 733 g/mol. The van der Waals surface area contributed by atoms with Gasteiger partial charge in [-0.15, -0.1) is 0 Å². The fourth-order valence-electron chi connectivity index (χ4n) is 8.98. The van der Waals surface area contributed by atoms with Crippen LogP contribution in [0.15, 0.2) is 211 Å². The smallest absolute Gasteiger partial charge is 0.164 e. The normalized spacial score (nSPS) is 11.7. The third-order valence-corrected chi connectivity index (χ3v) is 11.7. The summed E-state index contributed by atoms with van der Waals surface area (Å²) in [6.07, 6.45) is 0. The molecule has 3 heterocycles. The van der Waals surface area contributed by atoms with Gasteiger partial charge >= 0.3 is 0 Å². The Hall–Kier alpha value is -8.15. The standard InChI is InChI=1S/C55H34N4O/c1-3-15-36(16-4-1)53-56-54(37-17-5-2-6-18-37)58-55(57-53)45-32-31-41(39-19-7-8-20-40(39)45)44-33-34-50-52(46-23-11-14-26-49(46)60-50)51(44)35-27-29-38(30-28-35)59-47-24-12-9-21-42(47)43-22-10-13-25-48(43)59/h1-34H. The number of nitrogens with zero attached hydrogens (tertiary/aromatic N) is 4. The molecule has 3 aromatic heterocycles. The van der Waals surface area contributed by atoms with E-state index in [0.717, 1.165) is 77.3 Å². The van der Waals surface area contributed by atoms with Crippen molar-refractivity contribution < 1.29 is 4.42 Å². The van der Waals surface area contributed by atoms with Crippen molar-refractivity contribution >= 4 is 54.5 Å². The molecule has 0 N–H and O–H groups in total. The Bertz CT molecular complexity index is 3480. The van der Waals surface area contributed by atoms with Crippen LogP contribution >= 0.6 is 0 Å².